The molecular weight excluding hydrogens is 264 g/mol. The number of hydrogen-bond donors (Lipinski definition) is 0. The van der Waals surface area contributed by atoms with Gasteiger partial charge in [0.1, 0.15) is 0 Å². The second-order valence-electron chi connectivity index (χ2n) is 7.16. The van der Waals surface area contributed by atoms with Crippen LogP contribution >= 0.6 is 0 Å². The predicted molar refractivity (Wildman–Crippen MR) is 99.4 cm³/mol. The molecule has 0 spiro atoms. The van der Waals surface area contributed by atoms with Crippen molar-refractivity contribution in [2.75, 3.05) is 0 Å². The molecule has 0 atom stereocenters. The highest BCUT2D eigenvalue weighted by atomic mass is 14.2. The molecule has 0 amide bonds. The Hall–Kier alpha value is -1.04. The molecule has 1 aromatic rings. The molecule has 1 aromatic carbocycles. The van der Waals surface area contributed by atoms with Crippen LogP contribution in [0.3, 0.4) is 0 Å². The number of allylic oxidation sites excluding steroid dienone is 1. The Kier molecular flexibility index (Phi) is 6.73. The quantitative estimate of drug-likeness (QED) is 0.536. The van der Waals surface area contributed by atoms with E-state index in [0.29, 0.717) is 0 Å². The molecular formula is C22H34. The summed E-state index contributed by atoms with van der Waals surface area (Å²) in [5.41, 5.74) is 7.82. The first-order chi connectivity index (χ1) is 10.7. The van der Waals surface area contributed by atoms with E-state index in [1.807, 2.05) is 0 Å². The third-order valence-electron chi connectivity index (χ3n) is 5.31. The third-order valence-corrected chi connectivity index (χ3v) is 5.31. The summed E-state index contributed by atoms with van der Waals surface area (Å²) in [5, 5.41) is 0. The molecule has 1 saturated carbocycles. The van der Waals surface area contributed by atoms with Crippen LogP contribution in [-0.4, -0.2) is 0 Å². The van der Waals surface area contributed by atoms with Gasteiger partial charge in [-0.2, -0.15) is 0 Å². The van der Waals surface area contributed by atoms with E-state index in [0.717, 1.165) is 5.92 Å². The van der Waals surface area contributed by atoms with Gasteiger partial charge < -0.3 is 0 Å². The van der Waals surface area contributed by atoms with Gasteiger partial charge in [0, 0.05) is 0 Å². The van der Waals surface area contributed by atoms with Gasteiger partial charge in [0.05, 0.1) is 0 Å². The van der Waals surface area contributed by atoms with Crippen molar-refractivity contribution in [1.82, 2.24) is 0 Å². The minimum Gasteiger partial charge on any atom is -0.0696 e. The van der Waals surface area contributed by atoms with Crippen LogP contribution in [0.4, 0.5) is 0 Å². The molecule has 0 aliphatic heterocycles. The van der Waals surface area contributed by atoms with Crippen LogP contribution in [0.2, 0.25) is 0 Å². The summed E-state index contributed by atoms with van der Waals surface area (Å²) in [6.07, 6.45) is 14.6. The van der Waals surface area contributed by atoms with E-state index in [-0.39, 0.29) is 0 Å². The summed E-state index contributed by atoms with van der Waals surface area (Å²) in [5.74, 6) is 0.831. The molecule has 0 radical (unpaired) electrons. The van der Waals surface area contributed by atoms with Crippen molar-refractivity contribution in [2.24, 2.45) is 5.92 Å². The van der Waals surface area contributed by atoms with Crippen LogP contribution in [0, 0.1) is 12.8 Å². The second kappa shape index (κ2) is 8.56. The van der Waals surface area contributed by atoms with Crippen LogP contribution in [-0.2, 0) is 12.8 Å². The average Bonchev–Trinajstić information content (AvgIpc) is 2.54. The molecule has 0 N–H and O–H groups in total. The van der Waals surface area contributed by atoms with Gasteiger partial charge in [0.2, 0.25) is 0 Å². The van der Waals surface area contributed by atoms with Gasteiger partial charge in [-0.05, 0) is 67.7 Å². The van der Waals surface area contributed by atoms with Crippen molar-refractivity contribution in [3.63, 3.8) is 0 Å². The van der Waals surface area contributed by atoms with E-state index in [1.54, 1.807) is 16.7 Å². The zero-order valence-corrected chi connectivity index (χ0v) is 15.2. The molecule has 0 heteroatoms. The first-order valence-electron chi connectivity index (χ1n) is 9.46. The Morgan fingerprint density at radius 2 is 1.73 bits per heavy atom. The van der Waals surface area contributed by atoms with E-state index in [9.17, 15) is 0 Å². The summed E-state index contributed by atoms with van der Waals surface area (Å²) in [7, 11) is 0. The zero-order valence-electron chi connectivity index (χ0n) is 15.2. The van der Waals surface area contributed by atoms with Crippen LogP contribution in [0.25, 0.3) is 6.08 Å². The maximum absolute atomic E-state index is 2.54. The zero-order chi connectivity index (χ0) is 15.9. The lowest BCUT2D eigenvalue weighted by Crippen LogP contribution is -2.08. The van der Waals surface area contributed by atoms with Crippen molar-refractivity contribution >= 4 is 6.08 Å². The molecule has 1 aliphatic carbocycles. The van der Waals surface area contributed by atoms with E-state index < -0.39 is 0 Å². The standard InChI is InChI=1S/C22H34/c1-5-10-20-15-14-17(3)22(21(20)11-6-2)16-18(4)19-12-8-7-9-13-19/h14-16,19H,5-13H2,1-4H3/b18-16+. The Labute approximate surface area is 138 Å². The Bertz CT molecular complexity index is 501. The van der Waals surface area contributed by atoms with Gasteiger partial charge in [-0.3, -0.25) is 0 Å². The van der Waals surface area contributed by atoms with Crippen molar-refractivity contribution in [1.29, 1.82) is 0 Å². The monoisotopic (exact) mass is 298 g/mol. The largest absolute Gasteiger partial charge is 0.0696 e. The molecule has 122 valence electrons. The summed E-state index contributed by atoms with van der Waals surface area (Å²) in [4.78, 5) is 0. The molecule has 0 saturated heterocycles. The molecule has 0 aromatic heterocycles. The summed E-state index contributed by atoms with van der Waals surface area (Å²) < 4.78 is 0. The normalized spacial score (nSPS) is 17.0. The smallest absolute Gasteiger partial charge is 0.0193 e. The summed E-state index contributed by atoms with van der Waals surface area (Å²) in [6.45, 7) is 9.25. The second-order valence-corrected chi connectivity index (χ2v) is 7.16. The van der Waals surface area contributed by atoms with Crippen molar-refractivity contribution < 1.29 is 0 Å². The average molecular weight is 299 g/mol. The highest BCUT2D eigenvalue weighted by Crippen LogP contribution is 2.32. The molecule has 22 heavy (non-hydrogen) atoms. The number of rotatable bonds is 6. The molecule has 0 bridgehead atoms. The van der Waals surface area contributed by atoms with Gasteiger partial charge in [-0.25, -0.2) is 0 Å². The first kappa shape index (κ1) is 17.3. The van der Waals surface area contributed by atoms with Crippen molar-refractivity contribution in [3.8, 4) is 0 Å². The highest BCUT2D eigenvalue weighted by molar-refractivity contribution is 5.62. The molecule has 1 fully saturated rings. The Morgan fingerprint density at radius 3 is 2.36 bits per heavy atom. The number of hydrogen-bond acceptors (Lipinski definition) is 0. The molecule has 0 heterocycles. The summed E-state index contributed by atoms with van der Waals surface area (Å²) >= 11 is 0. The summed E-state index contributed by atoms with van der Waals surface area (Å²) in [6, 6.07) is 4.71. The van der Waals surface area contributed by atoms with Crippen LogP contribution in [0.15, 0.2) is 17.7 Å². The lowest BCUT2D eigenvalue weighted by atomic mass is 9.82. The third kappa shape index (κ3) is 4.24. The minimum atomic E-state index is 0.831. The minimum absolute atomic E-state index is 0.831. The van der Waals surface area contributed by atoms with Gasteiger partial charge in [-0.15, -0.1) is 0 Å². The Morgan fingerprint density at radius 1 is 1.05 bits per heavy atom. The molecule has 0 unspecified atom stereocenters. The van der Waals surface area contributed by atoms with E-state index >= 15 is 0 Å². The fraction of sp³-hybridized carbons (Fsp3) is 0.636. The van der Waals surface area contributed by atoms with E-state index in [2.05, 4.69) is 45.9 Å². The number of aryl methyl sites for hydroxylation is 2. The fourth-order valence-electron chi connectivity index (χ4n) is 3.98. The van der Waals surface area contributed by atoms with Gasteiger partial charge in [0.25, 0.3) is 0 Å². The van der Waals surface area contributed by atoms with E-state index in [1.165, 1.54) is 68.9 Å². The molecule has 1 aliphatic rings. The lowest BCUT2D eigenvalue weighted by Gasteiger charge is -2.23. The maximum atomic E-state index is 2.54. The molecule has 2 rings (SSSR count). The van der Waals surface area contributed by atoms with Crippen LogP contribution in [0.1, 0.15) is 88.0 Å². The highest BCUT2D eigenvalue weighted by Gasteiger charge is 2.16. The number of benzene rings is 1. The van der Waals surface area contributed by atoms with Gasteiger partial charge in [0.15, 0.2) is 0 Å². The fourth-order valence-corrected chi connectivity index (χ4v) is 3.98. The van der Waals surface area contributed by atoms with Crippen LogP contribution in [0.5, 0.6) is 0 Å². The topological polar surface area (TPSA) is 0 Å². The van der Waals surface area contributed by atoms with Gasteiger partial charge in [-0.1, -0.05) is 69.7 Å². The van der Waals surface area contributed by atoms with Crippen LogP contribution < -0.4 is 0 Å². The van der Waals surface area contributed by atoms with Crippen molar-refractivity contribution in [3.05, 3.63) is 40.0 Å². The first-order valence-corrected chi connectivity index (χ1v) is 9.46. The predicted octanol–water partition coefficient (Wildman–Crippen LogP) is 6.88. The van der Waals surface area contributed by atoms with Gasteiger partial charge >= 0.3 is 0 Å². The Balaban J connectivity index is 2.36. The van der Waals surface area contributed by atoms with Crippen molar-refractivity contribution in [2.45, 2.75) is 85.5 Å². The maximum Gasteiger partial charge on any atom is -0.0193 e. The molecule has 0 nitrogen and oxygen atoms in total. The SMILES string of the molecule is CCCc1ccc(C)c(/C=C(\C)C2CCCCC2)c1CCC. The lowest BCUT2D eigenvalue weighted by molar-refractivity contribution is 0.404. The van der Waals surface area contributed by atoms with E-state index in [4.69, 9.17) is 0 Å².